The molecule has 0 spiro atoms. The third-order valence-corrected chi connectivity index (χ3v) is 4.45. The van der Waals surface area contributed by atoms with Crippen LogP contribution in [-0.2, 0) is 9.53 Å². The summed E-state index contributed by atoms with van der Waals surface area (Å²) in [6.07, 6.45) is 3.16. The zero-order chi connectivity index (χ0) is 13.8. The molecule has 0 saturated carbocycles. The van der Waals surface area contributed by atoms with Gasteiger partial charge in [-0.2, -0.15) is 0 Å². The van der Waals surface area contributed by atoms with E-state index in [1.54, 1.807) is 0 Å². The fourth-order valence-electron chi connectivity index (χ4n) is 3.07. The van der Waals surface area contributed by atoms with Crippen molar-refractivity contribution in [3.63, 3.8) is 0 Å². The number of piperidine rings is 1. The van der Waals surface area contributed by atoms with Crippen LogP contribution in [0, 0.1) is 11.8 Å². The summed E-state index contributed by atoms with van der Waals surface area (Å²) >= 11 is 0. The third kappa shape index (κ3) is 3.69. The third-order valence-electron chi connectivity index (χ3n) is 4.45. The Morgan fingerprint density at radius 1 is 1.32 bits per heavy atom. The van der Waals surface area contributed by atoms with Crippen molar-refractivity contribution in [3.8, 4) is 0 Å². The first-order chi connectivity index (χ1) is 9.09. The van der Waals surface area contributed by atoms with E-state index in [-0.39, 0.29) is 18.1 Å². The first-order valence-electron chi connectivity index (χ1n) is 7.72. The van der Waals surface area contributed by atoms with Crippen LogP contribution in [0.25, 0.3) is 0 Å². The van der Waals surface area contributed by atoms with Gasteiger partial charge in [0.2, 0.25) is 0 Å². The lowest BCUT2D eigenvalue weighted by Crippen LogP contribution is -2.48. The maximum atomic E-state index is 12.7. The van der Waals surface area contributed by atoms with Crippen LogP contribution in [0.4, 0.5) is 0 Å². The standard InChI is InChI=1S/C15H28N2O2/c1-11(2)17(10-13-4-7-16-8-5-13)15(18)14-12(3)6-9-19-14/h11-14,16H,4-10H2,1-3H3. The van der Waals surface area contributed by atoms with Gasteiger partial charge in [-0.05, 0) is 58.0 Å². The Morgan fingerprint density at radius 2 is 2.00 bits per heavy atom. The van der Waals surface area contributed by atoms with Crippen LogP contribution in [0.3, 0.4) is 0 Å². The Bertz CT molecular complexity index is 301. The number of ether oxygens (including phenoxy) is 1. The molecule has 0 aromatic rings. The smallest absolute Gasteiger partial charge is 0.252 e. The molecule has 4 nitrogen and oxygen atoms in total. The molecule has 1 amide bonds. The summed E-state index contributed by atoms with van der Waals surface area (Å²) < 4.78 is 5.64. The van der Waals surface area contributed by atoms with Gasteiger partial charge in [0, 0.05) is 19.2 Å². The van der Waals surface area contributed by atoms with Crippen molar-refractivity contribution in [2.24, 2.45) is 11.8 Å². The van der Waals surface area contributed by atoms with Gasteiger partial charge in [0.1, 0.15) is 6.10 Å². The summed E-state index contributed by atoms with van der Waals surface area (Å²) in [5, 5.41) is 3.38. The number of nitrogens with zero attached hydrogens (tertiary/aromatic N) is 1. The topological polar surface area (TPSA) is 41.6 Å². The van der Waals surface area contributed by atoms with Crippen LogP contribution < -0.4 is 5.32 Å². The van der Waals surface area contributed by atoms with Gasteiger partial charge in [0.25, 0.3) is 5.91 Å². The highest BCUT2D eigenvalue weighted by Gasteiger charge is 2.35. The summed E-state index contributed by atoms with van der Waals surface area (Å²) in [4.78, 5) is 14.7. The number of hydrogen-bond donors (Lipinski definition) is 1. The maximum absolute atomic E-state index is 12.7. The molecule has 2 heterocycles. The average Bonchev–Trinajstić information content (AvgIpc) is 2.82. The molecule has 2 unspecified atom stereocenters. The lowest BCUT2D eigenvalue weighted by Gasteiger charge is -2.34. The summed E-state index contributed by atoms with van der Waals surface area (Å²) in [5.41, 5.74) is 0. The molecule has 2 aliphatic rings. The first-order valence-corrected chi connectivity index (χ1v) is 7.72. The second-order valence-corrected chi connectivity index (χ2v) is 6.34. The Morgan fingerprint density at radius 3 is 2.53 bits per heavy atom. The lowest BCUT2D eigenvalue weighted by molar-refractivity contribution is -0.145. The van der Waals surface area contributed by atoms with E-state index < -0.39 is 0 Å². The molecule has 0 radical (unpaired) electrons. The monoisotopic (exact) mass is 268 g/mol. The number of amides is 1. The van der Waals surface area contributed by atoms with Crippen molar-refractivity contribution in [3.05, 3.63) is 0 Å². The summed E-state index contributed by atoms with van der Waals surface area (Å²) in [6.45, 7) is 10.1. The molecular weight excluding hydrogens is 240 g/mol. The van der Waals surface area contributed by atoms with Crippen LogP contribution in [0.5, 0.6) is 0 Å². The second-order valence-electron chi connectivity index (χ2n) is 6.34. The number of carbonyl (C=O) groups is 1. The van der Waals surface area contributed by atoms with Crippen molar-refractivity contribution in [1.82, 2.24) is 10.2 Å². The van der Waals surface area contributed by atoms with Gasteiger partial charge in [-0.3, -0.25) is 4.79 Å². The van der Waals surface area contributed by atoms with Gasteiger partial charge < -0.3 is 15.0 Å². The molecule has 2 rings (SSSR count). The SMILES string of the molecule is CC1CCOC1C(=O)N(CC1CCNCC1)C(C)C. The van der Waals surface area contributed by atoms with Crippen molar-refractivity contribution in [2.75, 3.05) is 26.2 Å². The fraction of sp³-hybridized carbons (Fsp3) is 0.933. The number of nitrogens with one attached hydrogen (secondary N) is 1. The molecule has 4 heteroatoms. The molecule has 0 aromatic carbocycles. The minimum atomic E-state index is -0.205. The second kappa shape index (κ2) is 6.71. The van der Waals surface area contributed by atoms with Gasteiger partial charge in [-0.25, -0.2) is 0 Å². The molecule has 19 heavy (non-hydrogen) atoms. The zero-order valence-electron chi connectivity index (χ0n) is 12.5. The fourth-order valence-corrected chi connectivity index (χ4v) is 3.07. The quantitative estimate of drug-likeness (QED) is 0.843. The molecule has 2 fully saturated rings. The van der Waals surface area contributed by atoms with Crippen LogP contribution in [0.1, 0.15) is 40.0 Å². The van der Waals surface area contributed by atoms with Gasteiger partial charge in [0.15, 0.2) is 0 Å². The van der Waals surface area contributed by atoms with E-state index in [1.807, 2.05) is 4.90 Å². The van der Waals surface area contributed by atoms with Crippen molar-refractivity contribution >= 4 is 5.91 Å². The highest BCUT2D eigenvalue weighted by atomic mass is 16.5. The van der Waals surface area contributed by atoms with E-state index in [9.17, 15) is 4.79 Å². The van der Waals surface area contributed by atoms with Crippen LogP contribution in [0.15, 0.2) is 0 Å². The normalized spacial score (nSPS) is 28.8. The molecule has 0 bridgehead atoms. The maximum Gasteiger partial charge on any atom is 0.252 e. The Hall–Kier alpha value is -0.610. The van der Waals surface area contributed by atoms with E-state index in [4.69, 9.17) is 4.74 Å². The number of rotatable bonds is 4. The van der Waals surface area contributed by atoms with Crippen LogP contribution in [0.2, 0.25) is 0 Å². The summed E-state index contributed by atoms with van der Waals surface area (Å²) in [6, 6.07) is 0.263. The van der Waals surface area contributed by atoms with E-state index >= 15 is 0 Å². The molecule has 1 N–H and O–H groups in total. The van der Waals surface area contributed by atoms with E-state index in [0.717, 1.165) is 32.7 Å². The molecule has 0 aromatic heterocycles. The van der Waals surface area contributed by atoms with Crippen molar-refractivity contribution in [1.29, 1.82) is 0 Å². The van der Waals surface area contributed by atoms with E-state index in [0.29, 0.717) is 11.8 Å². The van der Waals surface area contributed by atoms with Crippen molar-refractivity contribution < 1.29 is 9.53 Å². The van der Waals surface area contributed by atoms with Gasteiger partial charge >= 0.3 is 0 Å². The number of carbonyl (C=O) groups excluding carboxylic acids is 1. The highest BCUT2D eigenvalue weighted by Crippen LogP contribution is 2.24. The Kier molecular flexibility index (Phi) is 5.22. The Labute approximate surface area is 116 Å². The molecule has 2 aliphatic heterocycles. The van der Waals surface area contributed by atoms with E-state index in [1.165, 1.54) is 12.8 Å². The van der Waals surface area contributed by atoms with Gasteiger partial charge in [-0.1, -0.05) is 6.92 Å². The van der Waals surface area contributed by atoms with Crippen LogP contribution in [-0.4, -0.2) is 49.2 Å². The predicted molar refractivity (Wildman–Crippen MR) is 76.0 cm³/mol. The molecule has 110 valence electrons. The predicted octanol–water partition coefficient (Wildman–Crippen LogP) is 1.65. The van der Waals surface area contributed by atoms with Gasteiger partial charge in [0.05, 0.1) is 0 Å². The Balaban J connectivity index is 1.96. The summed E-state index contributed by atoms with van der Waals surface area (Å²) in [7, 11) is 0. The number of hydrogen-bond acceptors (Lipinski definition) is 3. The molecular formula is C15H28N2O2. The zero-order valence-corrected chi connectivity index (χ0v) is 12.5. The van der Waals surface area contributed by atoms with Crippen LogP contribution >= 0.6 is 0 Å². The lowest BCUT2D eigenvalue weighted by atomic mass is 9.96. The van der Waals surface area contributed by atoms with Gasteiger partial charge in [-0.15, -0.1) is 0 Å². The van der Waals surface area contributed by atoms with E-state index in [2.05, 4.69) is 26.1 Å². The minimum absolute atomic E-state index is 0.205. The molecule has 0 aliphatic carbocycles. The highest BCUT2D eigenvalue weighted by molar-refractivity contribution is 5.81. The molecule has 2 saturated heterocycles. The summed E-state index contributed by atoms with van der Waals surface area (Å²) in [5.74, 6) is 1.21. The minimum Gasteiger partial charge on any atom is -0.368 e. The van der Waals surface area contributed by atoms with Crippen molar-refractivity contribution in [2.45, 2.75) is 52.2 Å². The largest absolute Gasteiger partial charge is 0.368 e. The first kappa shape index (κ1) is 14.8. The average molecular weight is 268 g/mol. The molecule has 2 atom stereocenters.